The Kier molecular flexibility index (Phi) is 74.3. The van der Waals surface area contributed by atoms with Crippen molar-refractivity contribution in [3.63, 3.8) is 0 Å². The fourth-order valence-corrected chi connectivity index (χ4v) is 17.4. The number of hydrogen-bond donors (Lipinski definition) is 16. The number of esters is 1. The molecule has 0 aliphatic carbocycles. The lowest BCUT2D eigenvalue weighted by Gasteiger charge is -2.27. The van der Waals surface area contributed by atoms with Gasteiger partial charge in [-0.3, -0.25) is 53.0 Å². The molecule has 0 aliphatic rings. The summed E-state index contributed by atoms with van der Waals surface area (Å²) in [5.41, 5.74) is 24.8. The van der Waals surface area contributed by atoms with E-state index < -0.39 is 90.2 Å². The summed E-state index contributed by atoms with van der Waals surface area (Å²) in [5.74, 6) is -1.72. The van der Waals surface area contributed by atoms with E-state index in [1.54, 1.807) is 31.2 Å². The van der Waals surface area contributed by atoms with E-state index in [1.807, 2.05) is 0 Å². The Bertz CT molecular complexity index is 3400. The third-order valence-corrected chi connectivity index (χ3v) is 25.8. The number of imidazole rings is 1. The molecule has 0 radical (unpaired) electrons. The van der Waals surface area contributed by atoms with E-state index in [1.165, 1.54) is 190 Å². The van der Waals surface area contributed by atoms with Crippen LogP contribution in [0.4, 0.5) is 11.5 Å². The maximum absolute atomic E-state index is 14.8. The molecule has 28 nitrogen and oxygen atoms in total. The number of terminal acetylenes is 1. The number of aromatic amines is 1. The smallest absolute Gasteiger partial charge is 0.327 e. The number of rotatable bonds is 90. The van der Waals surface area contributed by atoms with E-state index in [-0.39, 0.29) is 106 Å². The number of aliphatic hydroxyl groups excluding tert-OH is 1. The second kappa shape index (κ2) is 81.2. The minimum Gasteiger partial charge on any atom is -0.465 e. The van der Waals surface area contributed by atoms with Gasteiger partial charge >= 0.3 is 11.7 Å². The van der Waals surface area contributed by atoms with Crippen LogP contribution in [0.15, 0.2) is 29.1 Å². The molecular weight excluding hydrogens is 1670 g/mol. The molecule has 2 unspecified atom stereocenters. The first-order valence-corrected chi connectivity index (χ1v) is 53.0. The number of anilines is 2. The van der Waals surface area contributed by atoms with Crippen molar-refractivity contribution in [3.05, 3.63) is 46.0 Å². The zero-order valence-electron chi connectivity index (χ0n) is 82.2. The van der Waals surface area contributed by atoms with Gasteiger partial charge in [0, 0.05) is 43.0 Å². The van der Waals surface area contributed by atoms with E-state index in [0.717, 1.165) is 83.5 Å². The van der Waals surface area contributed by atoms with Gasteiger partial charge in [0.1, 0.15) is 59.7 Å². The SMILES string of the molecule is C#CC(NCCCC)Nc1c(C(C)=N)[nH]c(=O)n1Cc1ccc(NC(=O)[C@H](CCCCN)NC(=O)[C@H](CCCCN)NC(=O)[C@H](CCCCN)NC(=O)[C@H](CCCCN)NC(=O)[C@H](CO)NC(=O)[C@H](CSCC(CCC(=O)CCCCCCCCCCCCCCC)COC(=O)CCCCCCCCCCCCCCC)NC(=O)CCCCCCCCCCCCCCC)cc1. The molecule has 0 aliphatic heterocycles. The molecular formula is C102H184N16O12S. The first-order chi connectivity index (χ1) is 63.7. The lowest BCUT2D eigenvalue weighted by molar-refractivity contribution is -0.145. The minimum atomic E-state index is -1.62. The monoisotopic (exact) mass is 1860 g/mol. The van der Waals surface area contributed by atoms with Gasteiger partial charge < -0.3 is 85.7 Å². The van der Waals surface area contributed by atoms with Gasteiger partial charge in [-0.15, -0.1) is 6.42 Å². The summed E-state index contributed by atoms with van der Waals surface area (Å²) in [6, 6.07) is -0.972. The van der Waals surface area contributed by atoms with Crippen LogP contribution >= 0.6 is 11.8 Å². The van der Waals surface area contributed by atoms with Crippen molar-refractivity contribution in [1.82, 2.24) is 46.8 Å². The lowest BCUT2D eigenvalue weighted by Crippen LogP contribution is -2.60. The Balaban J connectivity index is 2.44. The summed E-state index contributed by atoms with van der Waals surface area (Å²) in [6.45, 7) is 11.4. The summed E-state index contributed by atoms with van der Waals surface area (Å²) in [4.78, 5) is 145. The van der Waals surface area contributed by atoms with Crippen molar-refractivity contribution < 1.29 is 53.0 Å². The standard InChI is InChI=1S/C102H184N16O12S/c1-7-12-16-19-22-25-28-31-34-37-40-43-46-57-84(120)69-66-82(77-130-93(122)63-48-45-42-39-36-33-30-27-24-21-18-14-9-3)78-131-79-90(110-92(121)62-47-44-41-38-35-32-29-26-23-20-17-13-8-2)101(128)115-89(76-119)100(127)114-88(61-52-56-73-106)99(126)113-87(60-51-55-72-105)98(125)112-86(59-50-54-71-104)97(124)111-85(58-49-53-70-103)96(123)109-83-67-64-81(65-68-83)75-118-95(94(80(6)107)117-102(118)129)116-91(11-5)108-74-15-10-4/h5,64-65,67-68,82,85-91,107-108,116,119H,7-10,12-63,66,69-79,103-106H2,1-4,6H3,(H,109,123)(H,110,121)(H,111,124)(H,112,125)(H,113,126)(H,114,127)(H,115,128)(H,117,129)/t82?,85-,86-,87-,88-,89-,90-,91?/m0/s1. The molecule has 1 aromatic heterocycles. The fraction of sp³-hybridized carbons (Fsp3) is 0.794. The van der Waals surface area contributed by atoms with Crippen molar-refractivity contribution in [2.75, 3.05) is 68.1 Å². The zero-order valence-corrected chi connectivity index (χ0v) is 83.0. The van der Waals surface area contributed by atoms with Crippen LogP contribution in [0.2, 0.25) is 0 Å². The van der Waals surface area contributed by atoms with Crippen LogP contribution in [0.5, 0.6) is 0 Å². The van der Waals surface area contributed by atoms with E-state index in [4.69, 9.17) is 39.5 Å². The number of carbonyl (C=O) groups is 9. The molecule has 2 aromatic rings. The fourth-order valence-electron chi connectivity index (χ4n) is 16.2. The molecule has 0 spiro atoms. The Morgan fingerprint density at radius 2 is 0.809 bits per heavy atom. The Hall–Kier alpha value is -7.20. The predicted molar refractivity (Wildman–Crippen MR) is 538 cm³/mol. The van der Waals surface area contributed by atoms with Crippen molar-refractivity contribution in [2.45, 2.75) is 456 Å². The second-order valence-corrected chi connectivity index (χ2v) is 37.6. The Morgan fingerprint density at radius 3 is 1.20 bits per heavy atom. The number of carbonyl (C=O) groups excluding carboxylic acids is 9. The number of H-pyrrole nitrogens is 1. The first kappa shape index (κ1) is 120. The average molecular weight is 1860 g/mol. The predicted octanol–water partition coefficient (Wildman–Crippen LogP) is 16.4. The van der Waals surface area contributed by atoms with Crippen molar-refractivity contribution in [1.29, 1.82) is 5.41 Å². The highest BCUT2D eigenvalue weighted by atomic mass is 32.2. The summed E-state index contributed by atoms with van der Waals surface area (Å²) < 4.78 is 7.41. The van der Waals surface area contributed by atoms with Crippen molar-refractivity contribution in [3.8, 4) is 12.3 Å². The highest BCUT2D eigenvalue weighted by Gasteiger charge is 2.34. The highest BCUT2D eigenvalue weighted by Crippen LogP contribution is 2.24. The number of ether oxygens (including phenoxy) is 1. The molecule has 0 fully saturated rings. The summed E-state index contributed by atoms with van der Waals surface area (Å²) in [6.07, 6.45) is 58.4. The second-order valence-electron chi connectivity index (χ2n) is 36.5. The van der Waals surface area contributed by atoms with Crippen LogP contribution in [0, 0.1) is 23.7 Å². The topological polar surface area (TPSA) is 457 Å². The molecule has 20 N–H and O–H groups in total. The summed E-state index contributed by atoms with van der Waals surface area (Å²) >= 11 is 1.36. The van der Waals surface area contributed by atoms with Crippen molar-refractivity contribution in [2.24, 2.45) is 28.9 Å². The number of ketones is 1. The number of nitrogens with two attached hydrogens (primary N) is 4. The number of hydrogen-bond acceptors (Lipinski definition) is 20. The van der Waals surface area contributed by atoms with Crippen LogP contribution in [0.25, 0.3) is 0 Å². The van der Waals surface area contributed by atoms with Crippen molar-refractivity contribution >= 4 is 82.1 Å². The molecule has 2 rings (SSSR count). The van der Waals surface area contributed by atoms with Gasteiger partial charge in [0.2, 0.25) is 41.4 Å². The molecule has 8 atom stereocenters. The number of thioether (sulfide) groups is 1. The first-order valence-electron chi connectivity index (χ1n) is 51.9. The zero-order chi connectivity index (χ0) is 96.0. The Morgan fingerprint density at radius 1 is 0.443 bits per heavy atom. The number of nitrogens with zero attached hydrogens (tertiary/aromatic N) is 1. The minimum absolute atomic E-state index is 0.0289. The highest BCUT2D eigenvalue weighted by molar-refractivity contribution is 7.99. The number of benzene rings is 1. The number of nitrogens with one attached hydrogen (secondary N) is 11. The molecule has 1 heterocycles. The molecule has 0 saturated heterocycles. The molecule has 1 aromatic carbocycles. The molecule has 0 bridgehead atoms. The number of unbranched alkanes of at least 4 members (excludes halogenated alkanes) is 41. The quantitative estimate of drug-likeness (QED) is 0.00961. The van der Waals surface area contributed by atoms with Crippen LogP contribution < -0.4 is 76.5 Å². The molecule has 0 saturated carbocycles. The maximum atomic E-state index is 14.8. The van der Waals surface area contributed by atoms with Gasteiger partial charge in [-0.05, 0) is 172 Å². The summed E-state index contributed by atoms with van der Waals surface area (Å²) in [5, 5.41) is 45.7. The lowest BCUT2D eigenvalue weighted by atomic mass is 10.0. The van der Waals surface area contributed by atoms with E-state index >= 15 is 0 Å². The molecule has 131 heavy (non-hydrogen) atoms. The van der Waals surface area contributed by atoms with Crippen LogP contribution in [0.3, 0.4) is 0 Å². The average Bonchev–Trinajstić information content (AvgIpc) is 1.66. The third-order valence-electron chi connectivity index (χ3n) is 24.5. The van der Waals surface area contributed by atoms with Gasteiger partial charge in [0.05, 0.1) is 25.5 Å². The number of Topliss-reactive ketones (excluding diaryl/α,β-unsaturated/α-hetero) is 1. The van der Waals surface area contributed by atoms with Crippen LogP contribution in [-0.4, -0.2) is 173 Å². The third kappa shape index (κ3) is 60.0. The van der Waals surface area contributed by atoms with Gasteiger partial charge in [-0.2, -0.15) is 11.8 Å². The number of aromatic nitrogens is 2. The van der Waals surface area contributed by atoms with E-state index in [2.05, 4.69) is 86.5 Å². The molecule has 750 valence electrons. The number of aliphatic hydroxyl groups is 1. The Labute approximate surface area is 794 Å². The van der Waals surface area contributed by atoms with Gasteiger partial charge in [0.15, 0.2) is 0 Å². The normalized spacial score (nSPS) is 13.2. The molecule has 7 amide bonds. The van der Waals surface area contributed by atoms with Gasteiger partial charge in [-0.25, -0.2) is 4.79 Å². The number of amides is 7. The van der Waals surface area contributed by atoms with Crippen LogP contribution in [-0.2, 0) is 54.4 Å². The van der Waals surface area contributed by atoms with E-state index in [9.17, 15) is 53.1 Å². The van der Waals surface area contributed by atoms with E-state index in [0.29, 0.717) is 119 Å². The van der Waals surface area contributed by atoms with Gasteiger partial charge in [-0.1, -0.05) is 283 Å². The largest absolute Gasteiger partial charge is 0.465 e. The van der Waals surface area contributed by atoms with Crippen LogP contribution in [0.1, 0.15) is 418 Å². The maximum Gasteiger partial charge on any atom is 0.327 e. The van der Waals surface area contributed by atoms with Gasteiger partial charge in [0.25, 0.3) is 0 Å². The summed E-state index contributed by atoms with van der Waals surface area (Å²) in [7, 11) is 0. The molecule has 29 heteroatoms.